The van der Waals surface area contributed by atoms with Gasteiger partial charge in [-0.2, -0.15) is 37.0 Å². The standard InChI is InChI=1S/C15H28N4O6S3/c1-7(20)11(16)14(23)18-9(5-26)13(22)17-8(3-4-28-2)12(21)19-10(6-27)15(24)25/h7-11,20,26-27H,3-6,16H2,1-2H3,(H,17,22)(H,18,23)(H,19,21)(H,24,25). The summed E-state index contributed by atoms with van der Waals surface area (Å²) in [6.45, 7) is 1.34. The molecule has 0 aromatic heterocycles. The van der Waals surface area contributed by atoms with E-state index in [0.717, 1.165) is 0 Å². The Balaban J connectivity index is 5.12. The van der Waals surface area contributed by atoms with Gasteiger partial charge in [-0.3, -0.25) is 14.4 Å². The van der Waals surface area contributed by atoms with Gasteiger partial charge < -0.3 is 31.9 Å². The number of aliphatic hydroxyl groups is 1. The molecule has 0 fully saturated rings. The van der Waals surface area contributed by atoms with Gasteiger partial charge in [0.1, 0.15) is 24.2 Å². The summed E-state index contributed by atoms with van der Waals surface area (Å²) < 4.78 is 0. The number of carbonyl (C=O) groups is 4. The first-order valence-electron chi connectivity index (χ1n) is 8.37. The first-order chi connectivity index (χ1) is 13.1. The summed E-state index contributed by atoms with van der Waals surface area (Å²) in [5.74, 6) is -3.00. The van der Waals surface area contributed by atoms with Gasteiger partial charge in [-0.1, -0.05) is 0 Å². The number of thioether (sulfide) groups is 1. The topological polar surface area (TPSA) is 171 Å². The smallest absolute Gasteiger partial charge is 0.327 e. The highest BCUT2D eigenvalue weighted by Crippen LogP contribution is 2.04. The third-order valence-electron chi connectivity index (χ3n) is 3.68. The Hall–Kier alpha value is -1.15. The maximum atomic E-state index is 12.5. The van der Waals surface area contributed by atoms with Gasteiger partial charge in [-0.25, -0.2) is 4.79 Å². The molecule has 7 N–H and O–H groups in total. The molecule has 0 spiro atoms. The number of nitrogens with one attached hydrogen (secondary N) is 3. The molecule has 0 aromatic carbocycles. The Morgan fingerprint density at radius 2 is 1.43 bits per heavy atom. The van der Waals surface area contributed by atoms with Crippen LogP contribution in [0, 0.1) is 0 Å². The summed E-state index contributed by atoms with van der Waals surface area (Å²) in [5.41, 5.74) is 5.53. The van der Waals surface area contributed by atoms with Crippen LogP contribution < -0.4 is 21.7 Å². The third kappa shape index (κ3) is 9.37. The Bertz CT molecular complexity index is 552. The van der Waals surface area contributed by atoms with Crippen LogP contribution in [0.1, 0.15) is 13.3 Å². The Morgan fingerprint density at radius 1 is 0.964 bits per heavy atom. The fourth-order valence-corrected chi connectivity index (χ4v) is 2.89. The monoisotopic (exact) mass is 456 g/mol. The number of aliphatic hydroxyl groups excluding tert-OH is 1. The second-order valence-electron chi connectivity index (χ2n) is 5.93. The zero-order valence-corrected chi connectivity index (χ0v) is 18.2. The average molecular weight is 457 g/mol. The second-order valence-corrected chi connectivity index (χ2v) is 7.65. The molecule has 0 aliphatic heterocycles. The van der Waals surface area contributed by atoms with Gasteiger partial charge >= 0.3 is 5.97 Å². The predicted molar refractivity (Wildman–Crippen MR) is 114 cm³/mol. The zero-order valence-electron chi connectivity index (χ0n) is 15.6. The van der Waals surface area contributed by atoms with Gasteiger partial charge in [0.15, 0.2) is 0 Å². The van der Waals surface area contributed by atoms with Crippen molar-refractivity contribution in [2.45, 2.75) is 43.6 Å². The lowest BCUT2D eigenvalue weighted by atomic mass is 10.1. The number of carboxylic acid groups (broad SMARTS) is 1. The number of amides is 3. The quantitative estimate of drug-likeness (QED) is 0.145. The number of rotatable bonds is 13. The summed E-state index contributed by atoms with van der Waals surface area (Å²) in [6, 6.07) is -4.52. The largest absolute Gasteiger partial charge is 0.480 e. The van der Waals surface area contributed by atoms with Crippen LogP contribution in [0.2, 0.25) is 0 Å². The number of hydrogen-bond acceptors (Lipinski definition) is 9. The molecule has 5 unspecified atom stereocenters. The van der Waals surface area contributed by atoms with Crippen molar-refractivity contribution in [1.29, 1.82) is 0 Å². The van der Waals surface area contributed by atoms with E-state index in [4.69, 9.17) is 10.8 Å². The van der Waals surface area contributed by atoms with Crippen LogP contribution in [0.4, 0.5) is 0 Å². The molecule has 0 radical (unpaired) electrons. The van der Waals surface area contributed by atoms with E-state index in [0.29, 0.717) is 5.75 Å². The van der Waals surface area contributed by atoms with E-state index in [2.05, 4.69) is 41.2 Å². The molecule has 28 heavy (non-hydrogen) atoms. The molecule has 0 aliphatic carbocycles. The van der Waals surface area contributed by atoms with Gasteiger partial charge in [0.25, 0.3) is 0 Å². The van der Waals surface area contributed by atoms with Crippen LogP contribution in [-0.2, 0) is 19.2 Å². The van der Waals surface area contributed by atoms with Crippen LogP contribution in [-0.4, -0.2) is 87.7 Å². The minimum absolute atomic E-state index is 0.0740. The van der Waals surface area contributed by atoms with Crippen molar-refractivity contribution in [2.24, 2.45) is 5.73 Å². The summed E-state index contributed by atoms with van der Waals surface area (Å²) in [7, 11) is 0. The molecular formula is C15H28N4O6S3. The molecule has 162 valence electrons. The van der Waals surface area contributed by atoms with Gasteiger partial charge in [-0.15, -0.1) is 0 Å². The molecule has 13 heteroatoms. The van der Waals surface area contributed by atoms with E-state index in [1.165, 1.54) is 18.7 Å². The van der Waals surface area contributed by atoms with E-state index < -0.39 is 54.0 Å². The highest BCUT2D eigenvalue weighted by Gasteiger charge is 2.29. The molecule has 10 nitrogen and oxygen atoms in total. The number of carbonyl (C=O) groups excluding carboxylic acids is 3. The fraction of sp³-hybridized carbons (Fsp3) is 0.733. The fourth-order valence-electron chi connectivity index (χ4n) is 1.92. The van der Waals surface area contributed by atoms with Crippen LogP contribution in [0.15, 0.2) is 0 Å². The third-order valence-corrected chi connectivity index (χ3v) is 5.05. The normalized spacial score (nSPS) is 16.2. The number of carboxylic acids is 1. The maximum Gasteiger partial charge on any atom is 0.327 e. The van der Waals surface area contributed by atoms with Gasteiger partial charge in [0, 0.05) is 11.5 Å². The molecule has 0 bridgehead atoms. The van der Waals surface area contributed by atoms with Crippen molar-refractivity contribution >= 4 is 60.7 Å². The van der Waals surface area contributed by atoms with Crippen molar-refractivity contribution in [3.05, 3.63) is 0 Å². The lowest BCUT2D eigenvalue weighted by molar-refractivity contribution is -0.141. The van der Waals surface area contributed by atoms with Gasteiger partial charge in [0.05, 0.1) is 6.10 Å². The zero-order chi connectivity index (χ0) is 21.9. The van der Waals surface area contributed by atoms with Crippen LogP contribution in [0.25, 0.3) is 0 Å². The first-order valence-corrected chi connectivity index (χ1v) is 11.0. The summed E-state index contributed by atoms with van der Waals surface area (Å²) >= 11 is 9.35. The average Bonchev–Trinajstić information content (AvgIpc) is 2.65. The molecule has 0 saturated carbocycles. The van der Waals surface area contributed by atoms with E-state index in [1.54, 1.807) is 0 Å². The van der Waals surface area contributed by atoms with Crippen molar-refractivity contribution in [1.82, 2.24) is 16.0 Å². The molecule has 5 atom stereocenters. The van der Waals surface area contributed by atoms with E-state index >= 15 is 0 Å². The summed E-state index contributed by atoms with van der Waals surface area (Å²) in [4.78, 5) is 47.9. The second kappa shape index (κ2) is 13.9. The predicted octanol–water partition coefficient (Wildman–Crippen LogP) is -2.15. The molecule has 0 aromatic rings. The number of thiol groups is 2. The van der Waals surface area contributed by atoms with Crippen molar-refractivity contribution in [3.63, 3.8) is 0 Å². The lowest BCUT2D eigenvalue weighted by Crippen LogP contribution is -2.58. The molecule has 0 aliphatic rings. The van der Waals surface area contributed by atoms with Gasteiger partial charge in [-0.05, 0) is 25.4 Å². The van der Waals surface area contributed by atoms with Gasteiger partial charge in [0.2, 0.25) is 17.7 Å². The van der Waals surface area contributed by atoms with Crippen LogP contribution in [0.3, 0.4) is 0 Å². The summed E-state index contributed by atoms with van der Waals surface area (Å²) in [5, 5.41) is 25.6. The summed E-state index contributed by atoms with van der Waals surface area (Å²) in [6.07, 6.45) is 0.953. The van der Waals surface area contributed by atoms with E-state index in [-0.39, 0.29) is 17.9 Å². The first kappa shape index (κ1) is 26.9. The Labute approximate surface area is 179 Å². The highest BCUT2D eigenvalue weighted by atomic mass is 32.2. The maximum absolute atomic E-state index is 12.5. The lowest BCUT2D eigenvalue weighted by Gasteiger charge is -2.24. The molecular weight excluding hydrogens is 428 g/mol. The van der Waals surface area contributed by atoms with Crippen LogP contribution >= 0.6 is 37.0 Å². The SMILES string of the molecule is CSCCC(NC(=O)C(CS)NC(=O)C(N)C(C)O)C(=O)NC(CS)C(=O)O. The van der Waals surface area contributed by atoms with E-state index in [9.17, 15) is 24.3 Å². The number of nitrogens with two attached hydrogens (primary N) is 1. The molecule has 3 amide bonds. The Morgan fingerprint density at radius 3 is 1.86 bits per heavy atom. The number of hydrogen-bond donors (Lipinski definition) is 8. The van der Waals surface area contributed by atoms with Crippen molar-refractivity contribution in [3.8, 4) is 0 Å². The molecule has 0 rings (SSSR count). The molecule has 0 heterocycles. The number of aliphatic carboxylic acids is 1. The van der Waals surface area contributed by atoms with E-state index in [1.807, 2.05) is 6.26 Å². The highest BCUT2D eigenvalue weighted by molar-refractivity contribution is 7.98. The minimum Gasteiger partial charge on any atom is -0.480 e. The Kier molecular flexibility index (Phi) is 13.4. The molecule has 0 saturated heterocycles. The van der Waals surface area contributed by atoms with Crippen LogP contribution in [0.5, 0.6) is 0 Å². The van der Waals surface area contributed by atoms with Crippen molar-refractivity contribution < 1.29 is 29.4 Å². The minimum atomic E-state index is -1.24. The van der Waals surface area contributed by atoms with Crippen molar-refractivity contribution in [2.75, 3.05) is 23.5 Å².